The number of hydrogen-bond acceptors (Lipinski definition) is 5. The van der Waals surface area contributed by atoms with Gasteiger partial charge in [0, 0.05) is 6.07 Å². The zero-order valence-electron chi connectivity index (χ0n) is 24.2. The van der Waals surface area contributed by atoms with Crippen LogP contribution in [-0.2, 0) is 17.6 Å². The maximum Gasteiger partial charge on any atom is 0.309 e. The van der Waals surface area contributed by atoms with Crippen LogP contribution in [0.2, 0.25) is 5.04 Å². The molecule has 210 valence electrons. The van der Waals surface area contributed by atoms with Gasteiger partial charge in [0.25, 0.3) is 8.32 Å². The van der Waals surface area contributed by atoms with Crippen LogP contribution in [0.25, 0.3) is 0 Å². The van der Waals surface area contributed by atoms with E-state index in [1.165, 1.54) is 15.1 Å². The lowest BCUT2D eigenvalue weighted by atomic mass is 10.2. The van der Waals surface area contributed by atoms with Crippen molar-refractivity contribution in [1.82, 2.24) is 9.78 Å². The molecule has 7 heteroatoms. The molecule has 0 bridgehead atoms. The molecular weight excluding hydrogens is 516 g/mol. The lowest BCUT2D eigenvalue weighted by molar-refractivity contribution is 0.271. The van der Waals surface area contributed by atoms with Gasteiger partial charge in [0.15, 0.2) is 5.75 Å². The van der Waals surface area contributed by atoms with Crippen LogP contribution in [0.15, 0.2) is 95.8 Å². The standard InChI is InChI=1S/C33H40N2O4Si/c1-6-7-22-38-31-23-27(34-35(32(31)36)24-26-18-20-28(37-5)21-19-26)25-39-40(33(2,3)4,29-14-10-8-11-15-29)30-16-12-9-13-17-30/h8-21,23H,6-7,22,24-25H2,1-5H3. The third kappa shape index (κ3) is 6.54. The van der Waals surface area contributed by atoms with E-state index in [2.05, 4.69) is 76.2 Å². The van der Waals surface area contributed by atoms with Crippen molar-refractivity contribution >= 4 is 18.7 Å². The summed E-state index contributed by atoms with van der Waals surface area (Å²) in [6.45, 7) is 9.89. The van der Waals surface area contributed by atoms with Gasteiger partial charge in [-0.15, -0.1) is 0 Å². The highest BCUT2D eigenvalue weighted by Gasteiger charge is 2.50. The van der Waals surface area contributed by atoms with Crippen molar-refractivity contribution in [2.75, 3.05) is 13.7 Å². The quantitative estimate of drug-likeness (QED) is 0.169. The predicted octanol–water partition coefficient (Wildman–Crippen LogP) is 5.56. The van der Waals surface area contributed by atoms with Gasteiger partial charge < -0.3 is 13.9 Å². The molecule has 40 heavy (non-hydrogen) atoms. The van der Waals surface area contributed by atoms with Gasteiger partial charge in [0.1, 0.15) is 5.75 Å². The molecule has 3 aromatic carbocycles. The lowest BCUT2D eigenvalue weighted by Gasteiger charge is -2.43. The molecule has 0 spiro atoms. The number of aromatic nitrogens is 2. The van der Waals surface area contributed by atoms with E-state index in [0.717, 1.165) is 24.2 Å². The summed E-state index contributed by atoms with van der Waals surface area (Å²) in [5.74, 6) is 1.07. The third-order valence-corrected chi connectivity index (χ3v) is 12.1. The van der Waals surface area contributed by atoms with E-state index in [1.807, 2.05) is 36.4 Å². The summed E-state index contributed by atoms with van der Waals surface area (Å²) in [5.41, 5.74) is 1.36. The summed E-state index contributed by atoms with van der Waals surface area (Å²) in [5, 5.41) is 6.98. The van der Waals surface area contributed by atoms with Gasteiger partial charge in [-0.05, 0) is 39.5 Å². The van der Waals surface area contributed by atoms with E-state index in [1.54, 1.807) is 13.2 Å². The summed E-state index contributed by atoms with van der Waals surface area (Å²) >= 11 is 0. The molecule has 0 saturated heterocycles. The fourth-order valence-electron chi connectivity index (χ4n) is 5.02. The van der Waals surface area contributed by atoms with Crippen LogP contribution >= 0.6 is 0 Å². The van der Waals surface area contributed by atoms with Crippen molar-refractivity contribution in [3.05, 3.63) is 113 Å². The van der Waals surface area contributed by atoms with Crippen LogP contribution in [-0.4, -0.2) is 31.8 Å². The first-order valence-electron chi connectivity index (χ1n) is 13.9. The topological polar surface area (TPSA) is 62.6 Å². The highest BCUT2D eigenvalue weighted by Crippen LogP contribution is 2.37. The van der Waals surface area contributed by atoms with Crippen molar-refractivity contribution in [2.45, 2.75) is 58.7 Å². The molecule has 0 aliphatic heterocycles. The first-order chi connectivity index (χ1) is 19.3. The molecule has 0 saturated carbocycles. The van der Waals surface area contributed by atoms with E-state index in [-0.39, 0.29) is 17.2 Å². The Kier molecular flexibility index (Phi) is 9.61. The van der Waals surface area contributed by atoms with Gasteiger partial charge >= 0.3 is 5.56 Å². The summed E-state index contributed by atoms with van der Waals surface area (Å²) < 4.78 is 19.8. The number of methoxy groups -OCH3 is 1. The Morgan fingerprint density at radius 2 is 1.48 bits per heavy atom. The van der Waals surface area contributed by atoms with Crippen molar-refractivity contribution in [3.8, 4) is 11.5 Å². The SMILES string of the molecule is CCCCOc1cc(CO[Si](c2ccccc2)(c2ccccc2)C(C)(C)C)nn(Cc2ccc(OC)cc2)c1=O. The number of unbranched alkanes of at least 4 members (excludes halogenated alkanes) is 1. The third-order valence-electron chi connectivity index (χ3n) is 7.09. The molecule has 4 rings (SSSR count). The second kappa shape index (κ2) is 13.1. The van der Waals surface area contributed by atoms with Gasteiger partial charge in [0.2, 0.25) is 0 Å². The molecule has 0 unspecified atom stereocenters. The van der Waals surface area contributed by atoms with Crippen LogP contribution in [0, 0.1) is 0 Å². The summed E-state index contributed by atoms with van der Waals surface area (Å²) in [7, 11) is -1.14. The summed E-state index contributed by atoms with van der Waals surface area (Å²) in [6.07, 6.45) is 1.85. The first kappa shape index (κ1) is 29.3. The highest BCUT2D eigenvalue weighted by atomic mass is 28.4. The van der Waals surface area contributed by atoms with Gasteiger partial charge in [-0.2, -0.15) is 5.10 Å². The lowest BCUT2D eigenvalue weighted by Crippen LogP contribution is -2.66. The normalized spacial score (nSPS) is 11.8. The minimum atomic E-state index is -2.78. The Hall–Kier alpha value is -3.68. The molecule has 0 amide bonds. The van der Waals surface area contributed by atoms with Crippen LogP contribution in [0.4, 0.5) is 0 Å². The van der Waals surface area contributed by atoms with Gasteiger partial charge in [-0.25, -0.2) is 4.68 Å². The van der Waals surface area contributed by atoms with Crippen molar-refractivity contribution in [2.24, 2.45) is 0 Å². The number of rotatable bonds is 12. The van der Waals surface area contributed by atoms with E-state index in [9.17, 15) is 4.79 Å². The molecule has 6 nitrogen and oxygen atoms in total. The summed E-state index contributed by atoms with van der Waals surface area (Å²) in [6, 6.07) is 30.4. The molecule has 0 atom stereocenters. The Morgan fingerprint density at radius 3 is 2.00 bits per heavy atom. The minimum Gasteiger partial charge on any atom is -0.497 e. The Morgan fingerprint density at radius 1 is 0.875 bits per heavy atom. The van der Waals surface area contributed by atoms with E-state index in [4.69, 9.17) is 19.0 Å². The molecule has 0 fully saturated rings. The number of hydrogen-bond donors (Lipinski definition) is 0. The monoisotopic (exact) mass is 556 g/mol. The maximum atomic E-state index is 13.4. The van der Waals surface area contributed by atoms with E-state index >= 15 is 0 Å². The number of nitrogens with zero attached hydrogens (tertiary/aromatic N) is 2. The van der Waals surface area contributed by atoms with Crippen molar-refractivity contribution in [1.29, 1.82) is 0 Å². The second-order valence-electron chi connectivity index (χ2n) is 11.0. The Bertz CT molecular complexity index is 1380. The van der Waals surface area contributed by atoms with Gasteiger partial charge in [0.05, 0.1) is 32.6 Å². The van der Waals surface area contributed by atoms with Gasteiger partial charge in [-0.3, -0.25) is 4.79 Å². The number of ether oxygens (including phenoxy) is 2. The molecule has 4 aromatic rings. The molecule has 1 heterocycles. The van der Waals surface area contributed by atoms with Gasteiger partial charge in [-0.1, -0.05) is 107 Å². The van der Waals surface area contributed by atoms with E-state index in [0.29, 0.717) is 24.6 Å². The largest absolute Gasteiger partial charge is 0.497 e. The van der Waals surface area contributed by atoms with Crippen LogP contribution < -0.4 is 25.4 Å². The molecule has 0 radical (unpaired) electrons. The Labute approximate surface area is 238 Å². The molecule has 0 N–H and O–H groups in total. The van der Waals surface area contributed by atoms with Crippen LogP contribution in [0.1, 0.15) is 51.8 Å². The van der Waals surface area contributed by atoms with Crippen LogP contribution in [0.5, 0.6) is 11.5 Å². The zero-order chi connectivity index (χ0) is 28.6. The zero-order valence-corrected chi connectivity index (χ0v) is 25.2. The molecule has 0 aliphatic rings. The first-order valence-corrected chi connectivity index (χ1v) is 15.8. The number of benzene rings is 3. The maximum absolute atomic E-state index is 13.4. The minimum absolute atomic E-state index is 0.173. The Balaban J connectivity index is 1.75. The van der Waals surface area contributed by atoms with Crippen molar-refractivity contribution < 1.29 is 13.9 Å². The molecule has 1 aromatic heterocycles. The average molecular weight is 557 g/mol. The summed E-state index contributed by atoms with van der Waals surface area (Å²) in [4.78, 5) is 13.4. The van der Waals surface area contributed by atoms with E-state index < -0.39 is 8.32 Å². The predicted molar refractivity (Wildman–Crippen MR) is 163 cm³/mol. The fourth-order valence-corrected chi connectivity index (χ4v) is 9.54. The van der Waals surface area contributed by atoms with Crippen molar-refractivity contribution in [3.63, 3.8) is 0 Å². The fraction of sp³-hybridized carbons (Fsp3) is 0.333. The highest BCUT2D eigenvalue weighted by molar-refractivity contribution is 6.99. The van der Waals surface area contributed by atoms with Crippen LogP contribution in [0.3, 0.4) is 0 Å². The molecular formula is C33H40N2O4Si. The average Bonchev–Trinajstić information content (AvgIpc) is 2.96. The second-order valence-corrected chi connectivity index (χ2v) is 15.3. The smallest absolute Gasteiger partial charge is 0.309 e. The molecule has 0 aliphatic carbocycles.